The molecule has 5 heteroatoms. The van der Waals surface area contributed by atoms with Crippen molar-refractivity contribution in [2.75, 3.05) is 0 Å². The first-order chi connectivity index (χ1) is 5.02. The van der Waals surface area contributed by atoms with Crippen LogP contribution in [-0.2, 0) is 9.65 Å². The maximum Gasteiger partial charge on any atom is 0.174 e. The predicted molar refractivity (Wildman–Crippen MR) is 50.9 cm³/mol. The summed E-state index contributed by atoms with van der Waals surface area (Å²) in [5.41, 5.74) is 0. The van der Waals surface area contributed by atoms with Crippen molar-refractivity contribution in [2.45, 2.75) is 9.65 Å². The summed E-state index contributed by atoms with van der Waals surface area (Å²) in [6.07, 6.45) is 0.697. The van der Waals surface area contributed by atoms with Crippen LogP contribution >= 0.6 is 43.2 Å². The molecule has 0 fully saturated rings. The summed E-state index contributed by atoms with van der Waals surface area (Å²) in [5, 5.41) is 18.5. The molecule has 1 aliphatic rings. The second kappa shape index (κ2) is 2.14. The molecule has 2 nitrogen and oxygen atoms in total. The lowest BCUT2D eigenvalue weighted by molar-refractivity contribution is 0.395. The molecule has 60 valence electrons. The maximum atomic E-state index is 9.31. The smallest absolute Gasteiger partial charge is 0.174 e. The number of hydrogen-bond acceptors (Lipinski definition) is 3. The van der Waals surface area contributed by atoms with Crippen LogP contribution in [0.25, 0.3) is 0 Å². The van der Waals surface area contributed by atoms with E-state index >= 15 is 0 Å². The molecule has 0 atom stereocenters. The van der Waals surface area contributed by atoms with Crippen LogP contribution in [0.3, 0.4) is 0 Å². The second-order valence-corrected chi connectivity index (χ2v) is 7.31. The van der Waals surface area contributed by atoms with E-state index in [2.05, 4.69) is 31.9 Å². The van der Waals surface area contributed by atoms with Crippen LogP contribution in [0, 0.1) is 0 Å². The fourth-order valence-electron chi connectivity index (χ4n) is 1.11. The van der Waals surface area contributed by atoms with Gasteiger partial charge in [0.2, 0.25) is 0 Å². The summed E-state index contributed by atoms with van der Waals surface area (Å²) in [4.78, 5) is 1.58. The van der Waals surface area contributed by atoms with Crippen LogP contribution in [0.4, 0.5) is 0 Å². The SMILES string of the molecule is Oc1c2sc(c1O)C(Br)(Br)C2. The van der Waals surface area contributed by atoms with Crippen molar-refractivity contribution in [2.24, 2.45) is 0 Å². The molecule has 1 aromatic rings. The van der Waals surface area contributed by atoms with Gasteiger partial charge in [-0.15, -0.1) is 11.3 Å². The Kier molecular flexibility index (Phi) is 1.54. The van der Waals surface area contributed by atoms with Gasteiger partial charge < -0.3 is 10.2 Å². The Morgan fingerprint density at radius 2 is 1.91 bits per heavy atom. The van der Waals surface area contributed by atoms with Gasteiger partial charge in [0.25, 0.3) is 0 Å². The number of aromatic hydroxyl groups is 2. The number of fused-ring (bicyclic) bond motifs is 2. The Bertz CT molecular complexity index is 319. The van der Waals surface area contributed by atoms with Crippen LogP contribution in [0.15, 0.2) is 0 Å². The summed E-state index contributed by atoms with van der Waals surface area (Å²) in [6, 6.07) is 0. The van der Waals surface area contributed by atoms with E-state index in [1.165, 1.54) is 11.3 Å². The normalized spacial score (nSPS) is 19.1. The molecule has 0 amide bonds. The Balaban J connectivity index is 2.65. The Labute approximate surface area is 84.1 Å². The molecule has 1 aromatic heterocycles. The van der Waals surface area contributed by atoms with Crippen molar-refractivity contribution in [3.8, 4) is 11.5 Å². The van der Waals surface area contributed by atoms with Crippen LogP contribution in [0.2, 0.25) is 0 Å². The largest absolute Gasteiger partial charge is 0.503 e. The van der Waals surface area contributed by atoms with Gasteiger partial charge >= 0.3 is 0 Å². The van der Waals surface area contributed by atoms with E-state index in [0.29, 0.717) is 6.42 Å². The van der Waals surface area contributed by atoms with E-state index < -0.39 is 0 Å². The third kappa shape index (κ3) is 0.942. The van der Waals surface area contributed by atoms with Gasteiger partial charge in [-0.3, -0.25) is 0 Å². The quantitative estimate of drug-likeness (QED) is 0.723. The molecule has 0 aliphatic carbocycles. The Morgan fingerprint density at radius 1 is 1.27 bits per heavy atom. The summed E-state index contributed by atoms with van der Waals surface area (Å²) in [5.74, 6) is 0.0459. The van der Waals surface area contributed by atoms with Gasteiger partial charge in [0.05, 0.1) is 9.75 Å². The van der Waals surface area contributed by atoms with Crippen molar-refractivity contribution >= 4 is 43.2 Å². The van der Waals surface area contributed by atoms with Gasteiger partial charge in [0.15, 0.2) is 11.5 Å². The number of alkyl halides is 2. The number of hydrogen-bond donors (Lipinski definition) is 2. The summed E-state index contributed by atoms with van der Waals surface area (Å²) < 4.78 is -0.337. The minimum atomic E-state index is -0.337. The first-order valence-electron chi connectivity index (χ1n) is 2.94. The fourth-order valence-corrected chi connectivity index (χ4v) is 4.05. The first kappa shape index (κ1) is 7.89. The molecule has 2 N–H and O–H groups in total. The summed E-state index contributed by atoms with van der Waals surface area (Å²) in [7, 11) is 0. The lowest BCUT2D eigenvalue weighted by Gasteiger charge is -2.16. The number of rotatable bonds is 0. The van der Waals surface area contributed by atoms with E-state index in [1.807, 2.05) is 0 Å². The summed E-state index contributed by atoms with van der Waals surface area (Å²) >= 11 is 8.22. The molecule has 0 spiro atoms. The fraction of sp³-hybridized carbons (Fsp3) is 0.333. The van der Waals surface area contributed by atoms with Gasteiger partial charge in [-0.25, -0.2) is 0 Å². The van der Waals surface area contributed by atoms with Gasteiger partial charge in [0.1, 0.15) is 3.23 Å². The highest BCUT2D eigenvalue weighted by atomic mass is 79.9. The first-order valence-corrected chi connectivity index (χ1v) is 5.34. The van der Waals surface area contributed by atoms with Crippen molar-refractivity contribution in [3.63, 3.8) is 0 Å². The van der Waals surface area contributed by atoms with E-state index in [9.17, 15) is 10.2 Å². The predicted octanol–water partition coefficient (Wildman–Crippen LogP) is 2.66. The van der Waals surface area contributed by atoms with Crippen molar-refractivity contribution in [3.05, 3.63) is 9.75 Å². The zero-order chi connectivity index (χ0) is 8.22. The molecule has 0 saturated heterocycles. The van der Waals surface area contributed by atoms with Crippen molar-refractivity contribution in [1.29, 1.82) is 0 Å². The van der Waals surface area contributed by atoms with Crippen molar-refractivity contribution in [1.82, 2.24) is 0 Å². The number of halogens is 2. The highest BCUT2D eigenvalue weighted by Crippen LogP contribution is 2.60. The third-order valence-corrected chi connectivity index (χ3v) is 4.85. The Morgan fingerprint density at radius 3 is 2.27 bits per heavy atom. The molecular formula is C6H4Br2O2S. The second-order valence-electron chi connectivity index (χ2n) is 2.43. The Hall–Kier alpha value is 0.260. The number of thiophene rings is 1. The van der Waals surface area contributed by atoms with Crippen LogP contribution in [-0.4, -0.2) is 10.2 Å². The molecule has 0 unspecified atom stereocenters. The zero-order valence-electron chi connectivity index (χ0n) is 5.27. The zero-order valence-corrected chi connectivity index (χ0v) is 9.25. The van der Waals surface area contributed by atoms with E-state index in [0.717, 1.165) is 9.75 Å². The minimum absolute atomic E-state index is 0.00463. The molecule has 2 bridgehead atoms. The van der Waals surface area contributed by atoms with E-state index in [-0.39, 0.29) is 14.7 Å². The molecule has 1 aliphatic heterocycles. The van der Waals surface area contributed by atoms with E-state index in [1.54, 1.807) is 0 Å². The molecule has 2 rings (SSSR count). The van der Waals surface area contributed by atoms with Crippen molar-refractivity contribution < 1.29 is 10.2 Å². The molecule has 11 heavy (non-hydrogen) atoms. The monoisotopic (exact) mass is 298 g/mol. The molecule has 0 saturated carbocycles. The van der Waals surface area contributed by atoms with Gasteiger partial charge in [-0.2, -0.15) is 0 Å². The molecule has 0 radical (unpaired) electrons. The summed E-state index contributed by atoms with van der Waals surface area (Å²) in [6.45, 7) is 0. The third-order valence-electron chi connectivity index (χ3n) is 1.64. The molecular weight excluding hydrogens is 296 g/mol. The molecule has 2 heterocycles. The highest BCUT2D eigenvalue weighted by Gasteiger charge is 2.41. The lowest BCUT2D eigenvalue weighted by Crippen LogP contribution is -2.08. The molecule has 0 aromatic carbocycles. The van der Waals surface area contributed by atoms with Gasteiger partial charge in [-0.05, 0) is 0 Å². The van der Waals surface area contributed by atoms with Gasteiger partial charge in [-0.1, -0.05) is 31.9 Å². The van der Waals surface area contributed by atoms with Gasteiger partial charge in [0, 0.05) is 6.42 Å². The maximum absolute atomic E-state index is 9.31. The minimum Gasteiger partial charge on any atom is -0.503 e. The topological polar surface area (TPSA) is 40.5 Å². The average molecular weight is 300 g/mol. The lowest BCUT2D eigenvalue weighted by atomic mass is 10.1. The highest BCUT2D eigenvalue weighted by molar-refractivity contribution is 9.24. The van der Waals surface area contributed by atoms with Crippen LogP contribution in [0.1, 0.15) is 9.75 Å². The van der Waals surface area contributed by atoms with Crippen LogP contribution in [0.5, 0.6) is 11.5 Å². The van der Waals surface area contributed by atoms with Crippen LogP contribution < -0.4 is 0 Å². The van der Waals surface area contributed by atoms with E-state index in [4.69, 9.17) is 0 Å². The average Bonchev–Trinajstić information content (AvgIpc) is 2.31. The standard InChI is InChI=1S/C6H4Br2O2S/c7-6(8)1-2-3(9)4(10)5(6)11-2/h9-10H,1H2.